The van der Waals surface area contributed by atoms with E-state index in [9.17, 15) is 18.0 Å². The Balaban J connectivity index is 1.28. The topological polar surface area (TPSA) is 45.7 Å². The molecule has 1 saturated carbocycles. The van der Waals surface area contributed by atoms with E-state index >= 15 is 0 Å². The van der Waals surface area contributed by atoms with Crippen LogP contribution in [0.3, 0.4) is 0 Å². The number of piperidine rings is 1. The van der Waals surface area contributed by atoms with E-state index in [4.69, 9.17) is 4.74 Å². The van der Waals surface area contributed by atoms with Gasteiger partial charge >= 0.3 is 6.18 Å². The Morgan fingerprint density at radius 3 is 2.15 bits per heavy atom. The average Bonchev–Trinajstić information content (AvgIpc) is 3.51. The Labute approximate surface area is 233 Å². The third-order valence-corrected chi connectivity index (χ3v) is 7.88. The summed E-state index contributed by atoms with van der Waals surface area (Å²) in [7, 11) is 0. The van der Waals surface area contributed by atoms with Gasteiger partial charge in [-0.05, 0) is 79.3 Å². The first-order chi connectivity index (χ1) is 19.3. The van der Waals surface area contributed by atoms with Crippen molar-refractivity contribution in [1.82, 2.24) is 14.8 Å². The number of amides is 1. The second-order valence-corrected chi connectivity index (χ2v) is 10.6. The first-order valence-corrected chi connectivity index (χ1v) is 13.9. The number of halogens is 3. The highest BCUT2D eigenvalue weighted by atomic mass is 19.4. The first-order valence-electron chi connectivity index (χ1n) is 13.9. The normalized spacial score (nSPS) is 17.4. The number of ether oxygens (including phenoxy) is 1. The number of hydrogen-bond donors (Lipinski definition) is 0. The summed E-state index contributed by atoms with van der Waals surface area (Å²) in [6.07, 6.45) is 8.94. The van der Waals surface area contributed by atoms with E-state index in [1.54, 1.807) is 30.6 Å². The number of pyridine rings is 1. The lowest BCUT2D eigenvalue weighted by Crippen LogP contribution is -2.48. The minimum absolute atomic E-state index is 0.0927. The zero-order valence-electron chi connectivity index (χ0n) is 22.4. The van der Waals surface area contributed by atoms with Gasteiger partial charge in [-0.1, -0.05) is 37.1 Å². The van der Waals surface area contributed by atoms with Gasteiger partial charge in [0.25, 0.3) is 0 Å². The fourth-order valence-electron chi connectivity index (χ4n) is 5.67. The molecule has 3 aromatic rings. The van der Waals surface area contributed by atoms with Gasteiger partial charge in [-0.25, -0.2) is 0 Å². The molecule has 0 bridgehead atoms. The molecule has 0 atom stereocenters. The summed E-state index contributed by atoms with van der Waals surface area (Å²) in [6.45, 7) is 2.39. The second-order valence-electron chi connectivity index (χ2n) is 10.6. The summed E-state index contributed by atoms with van der Waals surface area (Å²) in [5.74, 6) is 1.25. The van der Waals surface area contributed by atoms with Crippen LogP contribution in [0.4, 0.5) is 13.2 Å². The van der Waals surface area contributed by atoms with Crippen molar-refractivity contribution >= 4 is 12.0 Å². The Kier molecular flexibility index (Phi) is 8.85. The van der Waals surface area contributed by atoms with E-state index in [-0.39, 0.29) is 11.9 Å². The van der Waals surface area contributed by atoms with Gasteiger partial charge in [0.1, 0.15) is 11.5 Å². The molecule has 1 aromatic heterocycles. The minimum Gasteiger partial charge on any atom is -0.457 e. The number of likely N-dealkylation sites (tertiary alicyclic amines) is 1. The molecular formula is C32H34F3N3O2. The van der Waals surface area contributed by atoms with Crippen molar-refractivity contribution < 1.29 is 22.7 Å². The Bertz CT molecular complexity index is 1260. The lowest BCUT2D eigenvalue weighted by Gasteiger charge is -2.40. The van der Waals surface area contributed by atoms with E-state index in [1.807, 2.05) is 29.2 Å². The third kappa shape index (κ3) is 7.30. The molecule has 2 heterocycles. The van der Waals surface area contributed by atoms with Crippen LogP contribution >= 0.6 is 0 Å². The van der Waals surface area contributed by atoms with Crippen LogP contribution in [-0.4, -0.2) is 45.9 Å². The van der Waals surface area contributed by atoms with Crippen LogP contribution in [-0.2, 0) is 17.5 Å². The van der Waals surface area contributed by atoms with Crippen LogP contribution in [0.5, 0.6) is 11.5 Å². The van der Waals surface area contributed by atoms with Gasteiger partial charge in [-0.2, -0.15) is 13.2 Å². The standard InChI is InChI=1S/C32H34F3N3O2/c33-32(34,35)26-10-5-24(6-11-26)9-14-31(39)38(28-17-21-37(22-18-28)27-3-1-2-4-27)23-25-7-12-29(13-8-25)40-30-15-19-36-20-16-30/h5-16,19-20,27-28H,1-4,17-18,21-23H2. The van der Waals surface area contributed by atoms with E-state index in [0.29, 0.717) is 29.6 Å². The summed E-state index contributed by atoms with van der Waals surface area (Å²) in [6, 6.07) is 16.9. The van der Waals surface area contributed by atoms with Crippen LogP contribution in [0, 0.1) is 0 Å². The Morgan fingerprint density at radius 2 is 1.52 bits per heavy atom. The molecule has 1 aliphatic carbocycles. The van der Waals surface area contributed by atoms with Gasteiger partial charge in [-0.15, -0.1) is 0 Å². The quantitative estimate of drug-likeness (QED) is 0.276. The van der Waals surface area contributed by atoms with Crippen molar-refractivity contribution in [3.63, 3.8) is 0 Å². The summed E-state index contributed by atoms with van der Waals surface area (Å²) < 4.78 is 44.6. The van der Waals surface area contributed by atoms with Gasteiger partial charge in [0.05, 0.1) is 5.56 Å². The number of nitrogens with zero attached hydrogens (tertiary/aromatic N) is 3. The molecule has 8 heteroatoms. The molecule has 1 amide bonds. The monoisotopic (exact) mass is 549 g/mol. The van der Waals surface area contributed by atoms with Crippen molar-refractivity contribution in [2.45, 2.75) is 63.3 Å². The van der Waals surface area contributed by atoms with Gasteiger partial charge in [0, 0.05) is 50.2 Å². The van der Waals surface area contributed by atoms with Crippen LogP contribution in [0.15, 0.2) is 79.1 Å². The largest absolute Gasteiger partial charge is 0.457 e. The zero-order valence-corrected chi connectivity index (χ0v) is 22.4. The molecular weight excluding hydrogens is 515 g/mol. The molecule has 2 aromatic carbocycles. The lowest BCUT2D eigenvalue weighted by molar-refractivity contribution is -0.137. The van der Waals surface area contributed by atoms with Crippen molar-refractivity contribution in [3.05, 3.63) is 95.8 Å². The maximum absolute atomic E-state index is 13.5. The molecule has 0 spiro atoms. The third-order valence-electron chi connectivity index (χ3n) is 7.88. The van der Waals surface area contributed by atoms with Crippen molar-refractivity contribution in [2.24, 2.45) is 0 Å². The number of alkyl halides is 3. The van der Waals surface area contributed by atoms with Gasteiger partial charge in [0.15, 0.2) is 0 Å². The molecule has 1 saturated heterocycles. The van der Waals surface area contributed by atoms with Crippen LogP contribution in [0.25, 0.3) is 6.08 Å². The van der Waals surface area contributed by atoms with Crippen molar-refractivity contribution in [1.29, 1.82) is 0 Å². The SMILES string of the molecule is O=C(C=Cc1ccc(C(F)(F)F)cc1)N(Cc1ccc(Oc2ccncc2)cc1)C1CCN(C2CCCC2)CC1. The molecule has 5 rings (SSSR count). The van der Waals surface area contributed by atoms with Crippen LogP contribution < -0.4 is 4.74 Å². The highest BCUT2D eigenvalue weighted by molar-refractivity contribution is 5.92. The molecule has 40 heavy (non-hydrogen) atoms. The molecule has 5 nitrogen and oxygen atoms in total. The van der Waals surface area contributed by atoms with Crippen molar-refractivity contribution in [3.8, 4) is 11.5 Å². The molecule has 2 fully saturated rings. The highest BCUT2D eigenvalue weighted by Gasteiger charge is 2.32. The number of hydrogen-bond acceptors (Lipinski definition) is 4. The van der Waals surface area contributed by atoms with E-state index < -0.39 is 11.7 Å². The number of aromatic nitrogens is 1. The average molecular weight is 550 g/mol. The molecule has 0 unspecified atom stereocenters. The summed E-state index contributed by atoms with van der Waals surface area (Å²) >= 11 is 0. The summed E-state index contributed by atoms with van der Waals surface area (Å²) in [4.78, 5) is 22.0. The molecule has 2 aliphatic rings. The summed E-state index contributed by atoms with van der Waals surface area (Å²) in [5, 5.41) is 0. The Morgan fingerprint density at radius 1 is 0.900 bits per heavy atom. The van der Waals surface area contributed by atoms with Crippen LogP contribution in [0.1, 0.15) is 55.2 Å². The second kappa shape index (κ2) is 12.7. The highest BCUT2D eigenvalue weighted by Crippen LogP contribution is 2.30. The molecule has 0 radical (unpaired) electrons. The number of carbonyl (C=O) groups is 1. The summed E-state index contributed by atoms with van der Waals surface area (Å²) in [5.41, 5.74) is 0.828. The van der Waals surface area contributed by atoms with E-state index in [2.05, 4.69) is 9.88 Å². The fourth-order valence-corrected chi connectivity index (χ4v) is 5.67. The van der Waals surface area contributed by atoms with E-state index in [1.165, 1.54) is 43.9 Å². The fraction of sp³-hybridized carbons (Fsp3) is 0.375. The number of rotatable bonds is 8. The van der Waals surface area contributed by atoms with Gasteiger partial charge < -0.3 is 14.5 Å². The zero-order chi connectivity index (χ0) is 28.0. The molecule has 1 aliphatic heterocycles. The maximum Gasteiger partial charge on any atom is 0.416 e. The predicted octanol–water partition coefficient (Wildman–Crippen LogP) is 7.34. The Hall–Kier alpha value is -3.65. The van der Waals surface area contributed by atoms with Crippen molar-refractivity contribution in [2.75, 3.05) is 13.1 Å². The first kappa shape index (κ1) is 27.9. The minimum atomic E-state index is -4.39. The maximum atomic E-state index is 13.5. The van der Waals surface area contributed by atoms with Crippen LogP contribution in [0.2, 0.25) is 0 Å². The molecule has 0 N–H and O–H groups in total. The molecule has 210 valence electrons. The predicted molar refractivity (Wildman–Crippen MR) is 149 cm³/mol. The van der Waals surface area contributed by atoms with Gasteiger partial charge in [-0.3, -0.25) is 9.78 Å². The van der Waals surface area contributed by atoms with E-state index in [0.717, 1.165) is 43.6 Å². The number of carbonyl (C=O) groups excluding carboxylic acids is 1. The smallest absolute Gasteiger partial charge is 0.416 e. The number of benzene rings is 2. The van der Waals surface area contributed by atoms with Gasteiger partial charge in [0.2, 0.25) is 5.91 Å². The lowest BCUT2D eigenvalue weighted by atomic mass is 9.99.